The molecule has 6 heteroatoms. The standard InChI is InChI=1S/C15H15N5S/c1-9-17-20-15(21-9)12-6-2-5-11-13(18-19-14(11)12)10-4-3-7-16-8-10/h2,4-6,16H,3,7-8H2,1H3,(H,18,19). The molecule has 5 nitrogen and oxygen atoms in total. The van der Waals surface area contributed by atoms with Crippen molar-refractivity contribution in [1.82, 2.24) is 25.7 Å². The van der Waals surface area contributed by atoms with Gasteiger partial charge in [-0.25, -0.2) is 0 Å². The molecule has 0 saturated heterocycles. The lowest BCUT2D eigenvalue weighted by atomic mass is 10.0. The van der Waals surface area contributed by atoms with Crippen molar-refractivity contribution in [3.8, 4) is 10.6 Å². The number of fused-ring (bicyclic) bond motifs is 1. The van der Waals surface area contributed by atoms with Crippen molar-refractivity contribution in [2.75, 3.05) is 13.1 Å². The minimum atomic E-state index is 0.877. The third-order valence-electron chi connectivity index (χ3n) is 3.69. The number of hydrogen-bond acceptors (Lipinski definition) is 5. The molecule has 0 atom stereocenters. The molecule has 0 radical (unpaired) electrons. The summed E-state index contributed by atoms with van der Waals surface area (Å²) >= 11 is 1.60. The van der Waals surface area contributed by atoms with Gasteiger partial charge in [-0.3, -0.25) is 5.10 Å². The zero-order valence-corrected chi connectivity index (χ0v) is 12.5. The Bertz CT molecular complexity index is 830. The Balaban J connectivity index is 1.88. The highest BCUT2D eigenvalue weighted by atomic mass is 32.1. The molecule has 0 amide bonds. The average Bonchev–Trinajstić information content (AvgIpc) is 3.14. The first-order chi connectivity index (χ1) is 10.3. The van der Waals surface area contributed by atoms with Gasteiger partial charge in [0.2, 0.25) is 0 Å². The molecule has 2 N–H and O–H groups in total. The van der Waals surface area contributed by atoms with Gasteiger partial charge in [0.1, 0.15) is 10.0 Å². The van der Waals surface area contributed by atoms with E-state index in [1.54, 1.807) is 11.3 Å². The van der Waals surface area contributed by atoms with Crippen LogP contribution < -0.4 is 5.32 Å². The van der Waals surface area contributed by atoms with Gasteiger partial charge < -0.3 is 5.32 Å². The van der Waals surface area contributed by atoms with Gasteiger partial charge in [0.15, 0.2) is 0 Å². The lowest BCUT2D eigenvalue weighted by Gasteiger charge is -2.12. The van der Waals surface area contributed by atoms with Crippen molar-refractivity contribution in [3.05, 3.63) is 35.0 Å². The molecule has 0 bridgehead atoms. The molecule has 0 saturated carbocycles. The molecule has 1 aliphatic rings. The predicted molar refractivity (Wildman–Crippen MR) is 85.2 cm³/mol. The Hall–Kier alpha value is -2.05. The molecule has 4 rings (SSSR count). The normalized spacial score (nSPS) is 15.4. The minimum Gasteiger partial charge on any atom is -0.312 e. The molecular formula is C15H15N5S. The van der Waals surface area contributed by atoms with Gasteiger partial charge >= 0.3 is 0 Å². The fourth-order valence-corrected chi connectivity index (χ4v) is 3.42. The van der Waals surface area contributed by atoms with Crippen LogP contribution in [0.1, 0.15) is 17.1 Å². The number of nitrogens with one attached hydrogen (secondary N) is 2. The summed E-state index contributed by atoms with van der Waals surface area (Å²) < 4.78 is 0. The second-order valence-electron chi connectivity index (χ2n) is 5.12. The van der Waals surface area contributed by atoms with E-state index in [9.17, 15) is 0 Å². The van der Waals surface area contributed by atoms with Crippen molar-refractivity contribution >= 4 is 27.8 Å². The molecule has 1 aromatic carbocycles. The van der Waals surface area contributed by atoms with Crippen LogP contribution in [-0.2, 0) is 0 Å². The van der Waals surface area contributed by atoms with Crippen LogP contribution >= 0.6 is 11.3 Å². The van der Waals surface area contributed by atoms with E-state index >= 15 is 0 Å². The van der Waals surface area contributed by atoms with Crippen LogP contribution in [-0.4, -0.2) is 33.5 Å². The van der Waals surface area contributed by atoms with E-state index in [4.69, 9.17) is 0 Å². The largest absolute Gasteiger partial charge is 0.312 e. The molecule has 0 unspecified atom stereocenters. The highest BCUT2D eigenvalue weighted by Gasteiger charge is 2.16. The Kier molecular flexibility index (Phi) is 3.05. The van der Waals surface area contributed by atoms with E-state index in [1.807, 2.05) is 6.92 Å². The second kappa shape index (κ2) is 5.05. The van der Waals surface area contributed by atoms with Crippen molar-refractivity contribution in [1.29, 1.82) is 0 Å². The third-order valence-corrected chi connectivity index (χ3v) is 4.56. The maximum absolute atomic E-state index is 4.54. The Morgan fingerprint density at radius 3 is 2.95 bits per heavy atom. The fourth-order valence-electron chi connectivity index (χ4n) is 2.69. The Morgan fingerprint density at radius 1 is 1.24 bits per heavy atom. The number of hydrogen-bond donors (Lipinski definition) is 2. The maximum Gasteiger partial charge on any atom is 0.149 e. The monoisotopic (exact) mass is 297 g/mol. The smallest absolute Gasteiger partial charge is 0.149 e. The van der Waals surface area contributed by atoms with E-state index < -0.39 is 0 Å². The molecule has 3 heterocycles. The lowest BCUT2D eigenvalue weighted by molar-refractivity contribution is 0.737. The number of H-pyrrole nitrogens is 1. The lowest BCUT2D eigenvalue weighted by Crippen LogP contribution is -2.21. The minimum absolute atomic E-state index is 0.877. The number of aromatic amines is 1. The molecule has 1 aliphatic heterocycles. The zero-order chi connectivity index (χ0) is 14.2. The van der Waals surface area contributed by atoms with Crippen LogP contribution in [0.15, 0.2) is 24.3 Å². The van der Waals surface area contributed by atoms with Gasteiger partial charge in [-0.15, -0.1) is 10.2 Å². The Morgan fingerprint density at radius 2 is 2.19 bits per heavy atom. The predicted octanol–water partition coefficient (Wildman–Crippen LogP) is 2.77. The number of benzene rings is 1. The average molecular weight is 297 g/mol. The summed E-state index contributed by atoms with van der Waals surface area (Å²) in [5.41, 5.74) is 4.41. The van der Waals surface area contributed by atoms with Crippen LogP contribution in [0, 0.1) is 6.92 Å². The summed E-state index contributed by atoms with van der Waals surface area (Å²) in [5, 5.41) is 22.5. The van der Waals surface area contributed by atoms with Gasteiger partial charge in [0, 0.05) is 17.5 Å². The fraction of sp³-hybridized carbons (Fsp3) is 0.267. The topological polar surface area (TPSA) is 66.5 Å². The summed E-state index contributed by atoms with van der Waals surface area (Å²) in [7, 11) is 0. The van der Waals surface area contributed by atoms with Crippen LogP contribution in [0.25, 0.3) is 27.0 Å². The summed E-state index contributed by atoms with van der Waals surface area (Å²) in [6, 6.07) is 6.24. The van der Waals surface area contributed by atoms with Crippen LogP contribution in [0.4, 0.5) is 0 Å². The molecule has 0 spiro atoms. The van der Waals surface area contributed by atoms with Gasteiger partial charge in [-0.2, -0.15) is 5.10 Å². The first-order valence-corrected chi connectivity index (χ1v) is 7.82. The number of para-hydroxylation sites is 1. The van der Waals surface area contributed by atoms with Crippen molar-refractivity contribution < 1.29 is 0 Å². The molecule has 0 fully saturated rings. The van der Waals surface area contributed by atoms with Crippen LogP contribution in [0.5, 0.6) is 0 Å². The highest BCUT2D eigenvalue weighted by Crippen LogP contribution is 2.32. The number of rotatable bonds is 2. The van der Waals surface area contributed by atoms with Crippen LogP contribution in [0.3, 0.4) is 0 Å². The van der Waals surface area contributed by atoms with Gasteiger partial charge in [0.25, 0.3) is 0 Å². The summed E-state index contributed by atoms with van der Waals surface area (Å²) in [4.78, 5) is 0. The molecule has 21 heavy (non-hydrogen) atoms. The quantitative estimate of drug-likeness (QED) is 0.763. The van der Waals surface area contributed by atoms with E-state index in [2.05, 4.69) is 50.0 Å². The highest BCUT2D eigenvalue weighted by molar-refractivity contribution is 7.14. The van der Waals surface area contributed by atoms with Crippen LogP contribution in [0.2, 0.25) is 0 Å². The van der Waals surface area contributed by atoms with E-state index in [-0.39, 0.29) is 0 Å². The van der Waals surface area contributed by atoms with E-state index in [0.717, 1.165) is 51.7 Å². The molecule has 106 valence electrons. The number of aryl methyl sites for hydroxylation is 1. The molecule has 3 aromatic rings. The van der Waals surface area contributed by atoms with Gasteiger partial charge in [0.05, 0.1) is 11.2 Å². The number of nitrogens with zero attached hydrogens (tertiary/aromatic N) is 3. The summed E-state index contributed by atoms with van der Waals surface area (Å²) in [5.74, 6) is 0. The second-order valence-corrected chi connectivity index (χ2v) is 6.30. The maximum atomic E-state index is 4.54. The number of aromatic nitrogens is 4. The van der Waals surface area contributed by atoms with Gasteiger partial charge in [-0.05, 0) is 31.5 Å². The third kappa shape index (κ3) is 2.16. The zero-order valence-electron chi connectivity index (χ0n) is 11.7. The molecular weight excluding hydrogens is 282 g/mol. The van der Waals surface area contributed by atoms with Crippen molar-refractivity contribution in [3.63, 3.8) is 0 Å². The van der Waals surface area contributed by atoms with Crippen molar-refractivity contribution in [2.24, 2.45) is 0 Å². The molecule has 0 aliphatic carbocycles. The molecule has 2 aromatic heterocycles. The van der Waals surface area contributed by atoms with Gasteiger partial charge in [-0.1, -0.05) is 29.5 Å². The van der Waals surface area contributed by atoms with Crippen molar-refractivity contribution in [2.45, 2.75) is 13.3 Å². The van der Waals surface area contributed by atoms with E-state index in [1.165, 1.54) is 5.57 Å². The SMILES string of the molecule is Cc1nnc(-c2cccc3c(C4=CCCNC4)n[nH]c23)s1. The first kappa shape index (κ1) is 12.7. The first-order valence-electron chi connectivity index (χ1n) is 7.00. The summed E-state index contributed by atoms with van der Waals surface area (Å²) in [6.45, 7) is 3.89. The summed E-state index contributed by atoms with van der Waals surface area (Å²) in [6.07, 6.45) is 3.33. The Labute approximate surface area is 126 Å². The van der Waals surface area contributed by atoms with E-state index in [0.29, 0.717) is 0 Å².